The highest BCUT2D eigenvalue weighted by atomic mass is 19.4. The molecule has 0 atom stereocenters. The topological polar surface area (TPSA) is 91.6 Å². The van der Waals surface area contributed by atoms with Crippen LogP contribution in [0.15, 0.2) is 6.20 Å². The molecule has 7 nitrogen and oxygen atoms in total. The standard InChI is InChI=1S/C9H7F3N2O5/c1-4-5(14(16)17)3-13-6(8(15)18-2)7(4)19-9(10,11)12/h3H,1-2H3. The van der Waals surface area contributed by atoms with Crippen molar-refractivity contribution in [2.75, 3.05) is 7.11 Å². The number of aromatic nitrogens is 1. The summed E-state index contributed by atoms with van der Waals surface area (Å²) in [6, 6.07) is 0. The van der Waals surface area contributed by atoms with Crippen LogP contribution in [0, 0.1) is 17.0 Å². The Hall–Kier alpha value is -2.39. The van der Waals surface area contributed by atoms with Gasteiger partial charge in [0, 0.05) is 0 Å². The fourth-order valence-electron chi connectivity index (χ4n) is 1.24. The van der Waals surface area contributed by atoms with Crippen LogP contribution in [0.2, 0.25) is 0 Å². The van der Waals surface area contributed by atoms with Gasteiger partial charge in [-0.3, -0.25) is 10.1 Å². The van der Waals surface area contributed by atoms with E-state index in [9.17, 15) is 28.1 Å². The van der Waals surface area contributed by atoms with Crippen LogP contribution in [0.25, 0.3) is 0 Å². The van der Waals surface area contributed by atoms with Gasteiger partial charge in [0.15, 0.2) is 11.4 Å². The Kier molecular flexibility index (Phi) is 3.92. The number of hydrogen-bond donors (Lipinski definition) is 0. The number of nitrogens with zero attached hydrogens (tertiary/aromatic N) is 2. The van der Waals surface area contributed by atoms with E-state index in [0.29, 0.717) is 6.20 Å². The molecule has 0 N–H and O–H groups in total. The van der Waals surface area contributed by atoms with Crippen LogP contribution in [-0.4, -0.2) is 29.3 Å². The summed E-state index contributed by atoms with van der Waals surface area (Å²) in [4.78, 5) is 24.2. The van der Waals surface area contributed by atoms with Crippen LogP contribution in [0.5, 0.6) is 5.75 Å². The third-order valence-electron chi connectivity index (χ3n) is 2.05. The lowest BCUT2D eigenvalue weighted by Crippen LogP contribution is -2.21. The van der Waals surface area contributed by atoms with E-state index in [1.807, 2.05) is 0 Å². The summed E-state index contributed by atoms with van der Waals surface area (Å²) < 4.78 is 44.5. The molecule has 0 aliphatic carbocycles. The quantitative estimate of drug-likeness (QED) is 0.477. The molecule has 0 aliphatic rings. The first-order valence-electron chi connectivity index (χ1n) is 4.65. The largest absolute Gasteiger partial charge is 0.573 e. The monoisotopic (exact) mass is 280 g/mol. The average molecular weight is 280 g/mol. The fourth-order valence-corrected chi connectivity index (χ4v) is 1.24. The van der Waals surface area contributed by atoms with Crippen LogP contribution in [0.1, 0.15) is 16.1 Å². The second-order valence-corrected chi connectivity index (χ2v) is 3.24. The Balaban J connectivity index is 3.46. The van der Waals surface area contributed by atoms with E-state index in [0.717, 1.165) is 14.0 Å². The van der Waals surface area contributed by atoms with Crippen molar-refractivity contribution < 1.29 is 32.4 Å². The SMILES string of the molecule is COC(=O)c1ncc([N+](=O)[O-])c(C)c1OC(F)(F)F. The minimum Gasteiger partial charge on any atom is -0.464 e. The number of pyridine rings is 1. The van der Waals surface area contributed by atoms with Gasteiger partial charge in [-0.05, 0) is 6.92 Å². The maximum Gasteiger partial charge on any atom is 0.573 e. The van der Waals surface area contributed by atoms with E-state index >= 15 is 0 Å². The van der Waals surface area contributed by atoms with Gasteiger partial charge in [0.2, 0.25) is 0 Å². The molecule has 10 heteroatoms. The number of carbonyl (C=O) groups is 1. The van der Waals surface area contributed by atoms with Crippen LogP contribution >= 0.6 is 0 Å². The molecule has 1 aromatic heterocycles. The van der Waals surface area contributed by atoms with E-state index in [4.69, 9.17) is 0 Å². The van der Waals surface area contributed by atoms with Crippen molar-refractivity contribution in [3.63, 3.8) is 0 Å². The van der Waals surface area contributed by atoms with E-state index in [1.54, 1.807) is 0 Å². The summed E-state index contributed by atoms with van der Waals surface area (Å²) in [6.45, 7) is 1.01. The zero-order valence-corrected chi connectivity index (χ0v) is 9.65. The highest BCUT2D eigenvalue weighted by molar-refractivity contribution is 5.91. The van der Waals surface area contributed by atoms with Crippen molar-refractivity contribution in [1.82, 2.24) is 4.98 Å². The van der Waals surface area contributed by atoms with Crippen molar-refractivity contribution in [2.24, 2.45) is 0 Å². The Morgan fingerprint density at radius 1 is 1.47 bits per heavy atom. The third kappa shape index (κ3) is 3.30. The van der Waals surface area contributed by atoms with Crippen molar-refractivity contribution in [3.8, 4) is 5.75 Å². The number of esters is 1. The summed E-state index contributed by atoms with van der Waals surface area (Å²) >= 11 is 0. The summed E-state index contributed by atoms with van der Waals surface area (Å²) in [6.07, 6.45) is -4.46. The zero-order chi connectivity index (χ0) is 14.8. The van der Waals surface area contributed by atoms with Gasteiger partial charge in [-0.1, -0.05) is 0 Å². The number of halogens is 3. The fraction of sp³-hybridized carbons (Fsp3) is 0.333. The number of alkyl halides is 3. The maximum atomic E-state index is 12.2. The van der Waals surface area contributed by atoms with Gasteiger partial charge in [0.1, 0.15) is 6.20 Å². The second kappa shape index (κ2) is 5.08. The molecule has 0 bridgehead atoms. The third-order valence-corrected chi connectivity index (χ3v) is 2.05. The van der Waals surface area contributed by atoms with Crippen molar-refractivity contribution in [3.05, 3.63) is 27.6 Å². The molecule has 0 radical (unpaired) electrons. The molecule has 1 heterocycles. The summed E-state index contributed by atoms with van der Waals surface area (Å²) in [7, 11) is 0.929. The molecule has 0 saturated heterocycles. The first-order chi connectivity index (χ1) is 8.67. The van der Waals surface area contributed by atoms with E-state index in [1.165, 1.54) is 0 Å². The lowest BCUT2D eigenvalue weighted by molar-refractivity contribution is -0.386. The Morgan fingerprint density at radius 2 is 2.05 bits per heavy atom. The molecule has 0 amide bonds. The normalized spacial score (nSPS) is 11.0. The van der Waals surface area contributed by atoms with Crippen LogP contribution in [0.3, 0.4) is 0 Å². The highest BCUT2D eigenvalue weighted by Gasteiger charge is 2.36. The van der Waals surface area contributed by atoms with Crippen molar-refractivity contribution in [1.29, 1.82) is 0 Å². The first-order valence-corrected chi connectivity index (χ1v) is 4.65. The lowest BCUT2D eigenvalue weighted by atomic mass is 10.2. The molecule has 0 saturated carbocycles. The number of rotatable bonds is 3. The van der Waals surface area contributed by atoms with Gasteiger partial charge in [-0.15, -0.1) is 13.2 Å². The molecule has 0 aromatic carbocycles. The molecule has 0 fully saturated rings. The molecule has 1 aromatic rings. The number of nitro groups is 1. The number of hydrogen-bond acceptors (Lipinski definition) is 6. The summed E-state index contributed by atoms with van der Waals surface area (Å²) in [5, 5.41) is 10.6. The predicted molar refractivity (Wildman–Crippen MR) is 53.7 cm³/mol. The molecule has 104 valence electrons. The van der Waals surface area contributed by atoms with Gasteiger partial charge < -0.3 is 9.47 Å². The molecule has 1 rings (SSSR count). The maximum absolute atomic E-state index is 12.2. The van der Waals surface area contributed by atoms with Crippen LogP contribution < -0.4 is 4.74 Å². The smallest absolute Gasteiger partial charge is 0.464 e. The lowest BCUT2D eigenvalue weighted by Gasteiger charge is -2.13. The Morgan fingerprint density at radius 3 is 2.47 bits per heavy atom. The van der Waals surface area contributed by atoms with Crippen molar-refractivity contribution in [2.45, 2.75) is 13.3 Å². The van der Waals surface area contributed by atoms with Crippen molar-refractivity contribution >= 4 is 11.7 Å². The molecule has 0 spiro atoms. The van der Waals surface area contributed by atoms with E-state index in [-0.39, 0.29) is 0 Å². The Bertz CT molecular complexity index is 529. The minimum atomic E-state index is -5.12. The number of carbonyl (C=O) groups excluding carboxylic acids is 1. The second-order valence-electron chi connectivity index (χ2n) is 3.24. The summed E-state index contributed by atoms with van der Waals surface area (Å²) in [5.41, 5.74) is -1.97. The van der Waals surface area contributed by atoms with Gasteiger partial charge in [-0.2, -0.15) is 0 Å². The number of ether oxygens (including phenoxy) is 2. The molecule has 0 aliphatic heterocycles. The zero-order valence-electron chi connectivity index (χ0n) is 9.65. The van der Waals surface area contributed by atoms with Crippen LogP contribution in [-0.2, 0) is 4.74 Å². The number of methoxy groups -OCH3 is 1. The van der Waals surface area contributed by atoms with E-state index in [2.05, 4.69) is 14.5 Å². The Labute approximate surface area is 104 Å². The molecule has 0 unspecified atom stereocenters. The molecule has 19 heavy (non-hydrogen) atoms. The van der Waals surface area contributed by atoms with E-state index < -0.39 is 39.9 Å². The van der Waals surface area contributed by atoms with Crippen LogP contribution in [0.4, 0.5) is 18.9 Å². The first kappa shape index (κ1) is 14.7. The minimum absolute atomic E-state index is 0.474. The highest BCUT2D eigenvalue weighted by Crippen LogP contribution is 2.33. The van der Waals surface area contributed by atoms with Gasteiger partial charge in [0.05, 0.1) is 17.6 Å². The predicted octanol–water partition coefficient (Wildman–Crippen LogP) is 1.98. The average Bonchev–Trinajstić information content (AvgIpc) is 2.28. The van der Waals surface area contributed by atoms with Gasteiger partial charge >= 0.3 is 12.3 Å². The molecular weight excluding hydrogens is 273 g/mol. The summed E-state index contributed by atoms with van der Waals surface area (Å²) in [5.74, 6) is -2.24. The van der Waals surface area contributed by atoms with Gasteiger partial charge in [0.25, 0.3) is 5.69 Å². The van der Waals surface area contributed by atoms with Gasteiger partial charge in [-0.25, -0.2) is 9.78 Å². The molecular formula is C9H7F3N2O5.